The Morgan fingerprint density at radius 2 is 1.70 bits per heavy atom. The van der Waals surface area contributed by atoms with E-state index in [1.165, 1.54) is 29.2 Å². The molecule has 0 aromatic heterocycles. The molecule has 11 heteroatoms. The minimum atomic E-state index is -3.67. The number of nitrogens with one attached hydrogen (secondary N) is 1. The van der Waals surface area contributed by atoms with E-state index in [4.69, 9.17) is 23.2 Å². The first kappa shape index (κ1) is 30.9. The number of nitrogens with zero attached hydrogens (tertiary/aromatic N) is 2. The molecular weight excluding hydrogens is 540 g/mol. The van der Waals surface area contributed by atoms with Crippen LogP contribution in [0.5, 0.6) is 0 Å². The summed E-state index contributed by atoms with van der Waals surface area (Å²) >= 11 is 12.4. The van der Waals surface area contributed by atoms with Gasteiger partial charge < -0.3 is 10.2 Å². The first-order chi connectivity index (χ1) is 17.4. The number of benzene rings is 2. The van der Waals surface area contributed by atoms with E-state index in [9.17, 15) is 22.4 Å². The van der Waals surface area contributed by atoms with Crippen LogP contribution in [0.15, 0.2) is 42.5 Å². The van der Waals surface area contributed by atoms with Crippen LogP contribution in [0.1, 0.15) is 52.0 Å². The van der Waals surface area contributed by atoms with Gasteiger partial charge in [0.15, 0.2) is 0 Å². The van der Waals surface area contributed by atoms with E-state index in [1.54, 1.807) is 18.2 Å². The van der Waals surface area contributed by atoms with E-state index >= 15 is 0 Å². The van der Waals surface area contributed by atoms with Gasteiger partial charge in [-0.3, -0.25) is 13.9 Å². The van der Waals surface area contributed by atoms with Crippen LogP contribution in [0, 0.1) is 5.82 Å². The maximum absolute atomic E-state index is 13.5. The Morgan fingerprint density at radius 1 is 1.05 bits per heavy atom. The number of sulfonamides is 1. The normalized spacial score (nSPS) is 13.1. The van der Waals surface area contributed by atoms with Crippen LogP contribution in [-0.4, -0.2) is 50.0 Å². The molecule has 1 N–H and O–H groups in total. The number of carbonyl (C=O) groups is 2. The Kier molecular flexibility index (Phi) is 11.7. The average molecular weight is 575 g/mol. The van der Waals surface area contributed by atoms with Gasteiger partial charge in [0.1, 0.15) is 11.9 Å². The topological polar surface area (TPSA) is 86.8 Å². The Hall–Kier alpha value is -2.36. The number of amides is 2. The van der Waals surface area contributed by atoms with Crippen molar-refractivity contribution in [1.29, 1.82) is 0 Å². The molecule has 0 saturated carbocycles. The van der Waals surface area contributed by atoms with Crippen molar-refractivity contribution in [2.45, 2.75) is 65.1 Å². The molecule has 0 unspecified atom stereocenters. The molecule has 2 amide bonds. The zero-order chi connectivity index (χ0) is 27.8. The molecule has 2 aromatic rings. The summed E-state index contributed by atoms with van der Waals surface area (Å²) in [4.78, 5) is 28.0. The van der Waals surface area contributed by atoms with Crippen molar-refractivity contribution in [3.05, 3.63) is 63.9 Å². The van der Waals surface area contributed by atoms with E-state index in [1.807, 2.05) is 20.8 Å². The summed E-state index contributed by atoms with van der Waals surface area (Å²) in [7, 11) is -3.67. The quantitative estimate of drug-likeness (QED) is 0.347. The summed E-state index contributed by atoms with van der Waals surface area (Å²) in [5, 5.41) is 3.77. The molecule has 0 aliphatic heterocycles. The molecular formula is C26H34Cl2FN3O4S. The van der Waals surface area contributed by atoms with Gasteiger partial charge in [-0.2, -0.15) is 0 Å². The van der Waals surface area contributed by atoms with Crippen LogP contribution in [-0.2, 0) is 26.2 Å². The highest BCUT2D eigenvalue weighted by atomic mass is 35.5. The second-order valence-corrected chi connectivity index (χ2v) is 11.7. The number of carbonyl (C=O) groups excluding carboxylic acids is 2. The molecule has 0 spiro atoms. The molecule has 2 atom stereocenters. The monoisotopic (exact) mass is 573 g/mol. The second kappa shape index (κ2) is 14.0. The van der Waals surface area contributed by atoms with Crippen LogP contribution in [0.2, 0.25) is 10.0 Å². The third-order valence-electron chi connectivity index (χ3n) is 6.01. The number of rotatable bonds is 13. The van der Waals surface area contributed by atoms with Gasteiger partial charge >= 0.3 is 0 Å². The van der Waals surface area contributed by atoms with Crippen molar-refractivity contribution in [3.63, 3.8) is 0 Å². The molecule has 0 saturated heterocycles. The Balaban J connectivity index is 2.25. The molecule has 0 aliphatic rings. The lowest BCUT2D eigenvalue weighted by Crippen LogP contribution is -2.50. The largest absolute Gasteiger partial charge is 0.352 e. The van der Waals surface area contributed by atoms with E-state index in [0.29, 0.717) is 27.7 Å². The third-order valence-corrected chi connectivity index (χ3v) is 7.79. The minimum Gasteiger partial charge on any atom is -0.352 e. The molecule has 0 fully saturated rings. The van der Waals surface area contributed by atoms with E-state index in [-0.39, 0.29) is 43.8 Å². The molecule has 0 radical (unpaired) electrons. The average Bonchev–Trinajstić information content (AvgIpc) is 2.82. The third kappa shape index (κ3) is 9.16. The lowest BCUT2D eigenvalue weighted by molar-refractivity contribution is -0.141. The lowest BCUT2D eigenvalue weighted by Gasteiger charge is -2.32. The van der Waals surface area contributed by atoms with Crippen LogP contribution in [0.3, 0.4) is 0 Å². The predicted octanol–water partition coefficient (Wildman–Crippen LogP) is 5.40. The van der Waals surface area contributed by atoms with Crippen LogP contribution < -0.4 is 9.62 Å². The fourth-order valence-corrected chi connectivity index (χ4v) is 5.24. The summed E-state index contributed by atoms with van der Waals surface area (Å²) in [6, 6.07) is 9.26. The van der Waals surface area contributed by atoms with Crippen molar-refractivity contribution in [1.82, 2.24) is 10.2 Å². The number of anilines is 1. The second-order valence-electron chi connectivity index (χ2n) is 8.91. The summed E-state index contributed by atoms with van der Waals surface area (Å²) in [5.74, 6) is -1.06. The van der Waals surface area contributed by atoms with Gasteiger partial charge in [-0.15, -0.1) is 0 Å². The first-order valence-corrected chi connectivity index (χ1v) is 14.7. The molecule has 2 aromatic carbocycles. The minimum absolute atomic E-state index is 0.00840. The van der Waals surface area contributed by atoms with E-state index in [0.717, 1.165) is 17.0 Å². The lowest BCUT2D eigenvalue weighted by atomic mass is 10.1. The summed E-state index contributed by atoms with van der Waals surface area (Å²) < 4.78 is 39.2. The van der Waals surface area contributed by atoms with E-state index < -0.39 is 21.9 Å². The van der Waals surface area contributed by atoms with Crippen molar-refractivity contribution in [3.8, 4) is 0 Å². The van der Waals surface area contributed by atoms with Gasteiger partial charge in [0, 0.05) is 35.6 Å². The summed E-state index contributed by atoms with van der Waals surface area (Å²) in [6.45, 7) is 5.78. The summed E-state index contributed by atoms with van der Waals surface area (Å²) in [5.41, 5.74) is 0.943. The van der Waals surface area contributed by atoms with Gasteiger partial charge in [0.05, 0.1) is 11.9 Å². The van der Waals surface area contributed by atoms with Crippen LogP contribution >= 0.6 is 23.2 Å². The van der Waals surface area contributed by atoms with Crippen LogP contribution in [0.25, 0.3) is 0 Å². The van der Waals surface area contributed by atoms with E-state index in [2.05, 4.69) is 5.32 Å². The molecule has 7 nitrogen and oxygen atoms in total. The number of halogens is 3. The molecule has 37 heavy (non-hydrogen) atoms. The Morgan fingerprint density at radius 3 is 2.24 bits per heavy atom. The van der Waals surface area contributed by atoms with Gasteiger partial charge in [-0.25, -0.2) is 12.8 Å². The molecule has 0 bridgehead atoms. The maximum Gasteiger partial charge on any atom is 0.243 e. The van der Waals surface area contributed by atoms with Crippen LogP contribution in [0.4, 0.5) is 10.1 Å². The van der Waals surface area contributed by atoms with Crippen molar-refractivity contribution in [2.75, 3.05) is 17.1 Å². The SMILES string of the molecule is CC[C@H](C)NC(=O)[C@H](CC)N(Cc1ccc(Cl)cc1Cl)C(=O)CCCN(c1ccc(F)cc1)S(C)(=O)=O. The highest BCUT2D eigenvalue weighted by Crippen LogP contribution is 2.25. The van der Waals surface area contributed by atoms with Crippen molar-refractivity contribution < 1.29 is 22.4 Å². The highest BCUT2D eigenvalue weighted by molar-refractivity contribution is 7.92. The van der Waals surface area contributed by atoms with Crippen molar-refractivity contribution in [2.24, 2.45) is 0 Å². The Bertz CT molecular complexity index is 1180. The molecule has 0 aliphatic carbocycles. The summed E-state index contributed by atoms with van der Waals surface area (Å²) in [6.07, 6.45) is 2.36. The van der Waals surface area contributed by atoms with Gasteiger partial charge in [0.2, 0.25) is 21.8 Å². The predicted molar refractivity (Wildman–Crippen MR) is 147 cm³/mol. The molecule has 0 heterocycles. The zero-order valence-corrected chi connectivity index (χ0v) is 23.8. The van der Waals surface area contributed by atoms with Gasteiger partial charge in [-0.05, 0) is 68.1 Å². The smallest absolute Gasteiger partial charge is 0.243 e. The number of hydrogen-bond donors (Lipinski definition) is 1. The fourth-order valence-electron chi connectivity index (χ4n) is 3.81. The van der Waals surface area contributed by atoms with Crippen molar-refractivity contribution >= 4 is 50.7 Å². The highest BCUT2D eigenvalue weighted by Gasteiger charge is 2.30. The Labute approximate surface area is 229 Å². The standard InChI is InChI=1S/C26H34Cl2FN3O4S/c1-5-18(3)30-26(34)24(6-2)31(17-19-9-10-20(27)16-23(19)28)25(33)8-7-15-32(37(4,35)36)22-13-11-21(29)12-14-22/h9-14,16,18,24H,5-8,15,17H2,1-4H3,(H,30,34)/t18-,24-/m0/s1. The molecule has 204 valence electrons. The zero-order valence-electron chi connectivity index (χ0n) is 21.5. The molecule has 2 rings (SSSR count). The maximum atomic E-state index is 13.5. The first-order valence-electron chi connectivity index (χ1n) is 12.1. The van der Waals surface area contributed by atoms with Gasteiger partial charge in [-0.1, -0.05) is 43.1 Å². The fraction of sp³-hybridized carbons (Fsp3) is 0.462. The van der Waals surface area contributed by atoms with Gasteiger partial charge in [0.25, 0.3) is 0 Å². The number of hydrogen-bond acceptors (Lipinski definition) is 4.